The fourth-order valence-corrected chi connectivity index (χ4v) is 5.76. The third kappa shape index (κ3) is 5.08. The molecule has 9 heteroatoms. The first kappa shape index (κ1) is 23.4. The lowest BCUT2D eigenvalue weighted by molar-refractivity contribution is -0.137. The lowest BCUT2D eigenvalue weighted by Gasteiger charge is -2.30. The molecular weight excluding hydrogens is 453 g/mol. The van der Waals surface area contributed by atoms with Gasteiger partial charge in [0.25, 0.3) is 0 Å². The lowest BCUT2D eigenvalue weighted by Crippen LogP contribution is -2.39. The summed E-state index contributed by atoms with van der Waals surface area (Å²) in [4.78, 5) is 14.7. The van der Waals surface area contributed by atoms with Crippen molar-refractivity contribution < 1.29 is 26.4 Å². The Morgan fingerprint density at radius 2 is 1.67 bits per heavy atom. The van der Waals surface area contributed by atoms with E-state index in [9.17, 15) is 26.4 Å². The lowest BCUT2D eigenvalue weighted by atomic mass is 9.99. The zero-order valence-electron chi connectivity index (χ0n) is 18.2. The van der Waals surface area contributed by atoms with Crippen LogP contribution < -0.4 is 0 Å². The van der Waals surface area contributed by atoms with E-state index in [1.165, 1.54) is 18.3 Å². The molecule has 2 heterocycles. The summed E-state index contributed by atoms with van der Waals surface area (Å²) in [6, 6.07) is 11.1. The number of nitrogens with zero attached hydrogens (tertiary/aromatic N) is 2. The number of piperidine rings is 1. The van der Waals surface area contributed by atoms with E-state index >= 15 is 0 Å². The van der Waals surface area contributed by atoms with Crippen molar-refractivity contribution in [1.29, 1.82) is 0 Å². The van der Waals surface area contributed by atoms with Crippen LogP contribution >= 0.6 is 0 Å². The fraction of sp³-hybridized carbons (Fsp3) is 0.375. The maximum atomic E-state index is 13.2. The second-order valence-corrected chi connectivity index (χ2v) is 10.6. The second-order valence-electron chi connectivity index (χ2n) is 8.66. The number of amides is 1. The monoisotopic (exact) mass is 478 g/mol. The Kier molecular flexibility index (Phi) is 6.26. The minimum Gasteiger partial charge on any atom is -0.341 e. The number of sulfone groups is 1. The predicted octanol–water partition coefficient (Wildman–Crippen LogP) is 4.89. The van der Waals surface area contributed by atoms with Crippen LogP contribution in [0.3, 0.4) is 0 Å². The molecule has 1 saturated heterocycles. The fourth-order valence-electron chi connectivity index (χ4n) is 4.18. The number of halogens is 3. The van der Waals surface area contributed by atoms with Crippen molar-refractivity contribution in [3.05, 3.63) is 65.9 Å². The highest BCUT2D eigenvalue weighted by atomic mass is 32.2. The molecule has 0 saturated carbocycles. The van der Waals surface area contributed by atoms with Crippen LogP contribution in [0.15, 0.2) is 59.6 Å². The third-order valence-electron chi connectivity index (χ3n) is 6.17. The number of para-hydroxylation sites is 1. The normalized spacial score (nSPS) is 15.8. The van der Waals surface area contributed by atoms with Crippen molar-refractivity contribution in [3.63, 3.8) is 0 Å². The number of aromatic nitrogens is 1. The first-order chi connectivity index (χ1) is 15.5. The highest BCUT2D eigenvalue weighted by Crippen LogP contribution is 2.31. The molecule has 3 aromatic rings. The van der Waals surface area contributed by atoms with E-state index in [0.717, 1.165) is 25.0 Å². The van der Waals surface area contributed by atoms with Crippen molar-refractivity contribution in [3.8, 4) is 0 Å². The van der Waals surface area contributed by atoms with Gasteiger partial charge in [-0.25, -0.2) is 8.42 Å². The van der Waals surface area contributed by atoms with Crippen LogP contribution in [0.5, 0.6) is 0 Å². The minimum atomic E-state index is -4.48. The molecule has 1 aliphatic heterocycles. The summed E-state index contributed by atoms with van der Waals surface area (Å²) >= 11 is 0. The molecule has 1 aliphatic rings. The van der Waals surface area contributed by atoms with Crippen LogP contribution in [0.4, 0.5) is 13.2 Å². The molecule has 1 aromatic heterocycles. The number of fused-ring (bicyclic) bond motifs is 1. The minimum absolute atomic E-state index is 0.0324. The molecule has 0 N–H and O–H groups in total. The first-order valence-corrected chi connectivity index (χ1v) is 12.4. The van der Waals surface area contributed by atoms with Gasteiger partial charge in [-0.2, -0.15) is 13.2 Å². The number of carbonyl (C=O) groups excluding carboxylic acids is 1. The molecule has 0 bridgehead atoms. The van der Waals surface area contributed by atoms with Gasteiger partial charge < -0.3 is 9.47 Å². The van der Waals surface area contributed by atoms with Crippen LogP contribution in [0.25, 0.3) is 10.9 Å². The van der Waals surface area contributed by atoms with E-state index in [-0.39, 0.29) is 22.9 Å². The van der Waals surface area contributed by atoms with Crippen LogP contribution in [-0.2, 0) is 33.1 Å². The average molecular weight is 479 g/mol. The summed E-state index contributed by atoms with van der Waals surface area (Å²) in [5.41, 5.74) is 0.0615. The van der Waals surface area contributed by atoms with E-state index in [4.69, 9.17) is 0 Å². The Hall–Kier alpha value is -2.81. The van der Waals surface area contributed by atoms with Crippen LogP contribution in [-0.4, -0.2) is 36.9 Å². The van der Waals surface area contributed by atoms with Gasteiger partial charge in [-0.05, 0) is 42.5 Å². The zero-order chi connectivity index (χ0) is 23.8. The molecular formula is C24H25F3N2O3S. The third-order valence-corrected chi connectivity index (χ3v) is 7.88. The van der Waals surface area contributed by atoms with Crippen LogP contribution in [0.2, 0.25) is 0 Å². The maximum absolute atomic E-state index is 13.2. The largest absolute Gasteiger partial charge is 0.416 e. The highest BCUT2D eigenvalue weighted by molar-refractivity contribution is 7.90. The number of benzene rings is 2. The number of hydrogen-bond acceptors (Lipinski definition) is 3. The average Bonchev–Trinajstić information content (AvgIpc) is 3.13. The first-order valence-electron chi connectivity index (χ1n) is 10.8. The molecule has 0 unspecified atom stereocenters. The molecule has 1 fully saturated rings. The zero-order valence-corrected chi connectivity index (χ0v) is 19.0. The van der Waals surface area contributed by atoms with Gasteiger partial charge in [-0.3, -0.25) is 4.79 Å². The van der Waals surface area contributed by atoms with E-state index in [1.54, 1.807) is 28.8 Å². The molecule has 0 radical (unpaired) electrons. The van der Waals surface area contributed by atoms with E-state index in [0.29, 0.717) is 29.9 Å². The molecule has 4 rings (SSSR count). The van der Waals surface area contributed by atoms with Crippen molar-refractivity contribution >= 4 is 26.6 Å². The van der Waals surface area contributed by atoms with Crippen molar-refractivity contribution in [2.75, 3.05) is 13.1 Å². The second kappa shape index (κ2) is 8.85. The molecule has 0 aliphatic carbocycles. The number of hydrogen-bond donors (Lipinski definition) is 0. The molecule has 2 aromatic carbocycles. The Morgan fingerprint density at radius 3 is 2.30 bits per heavy atom. The van der Waals surface area contributed by atoms with Gasteiger partial charge >= 0.3 is 6.18 Å². The number of likely N-dealkylation sites (tertiary alicyclic amines) is 1. The van der Waals surface area contributed by atoms with E-state index in [1.807, 2.05) is 4.90 Å². The molecule has 33 heavy (non-hydrogen) atoms. The van der Waals surface area contributed by atoms with Gasteiger partial charge in [0, 0.05) is 30.2 Å². The summed E-state index contributed by atoms with van der Waals surface area (Å²) < 4.78 is 66.5. The summed E-state index contributed by atoms with van der Waals surface area (Å²) in [6.07, 6.45) is -1.12. The SMILES string of the molecule is CC1CCN(C(=O)Cn2cc(S(=O)(=O)Cc3ccc(C(F)(F)F)cc3)c3ccccc32)CC1. The van der Waals surface area contributed by atoms with Gasteiger partial charge in [-0.15, -0.1) is 0 Å². The van der Waals surface area contributed by atoms with Gasteiger partial charge in [-0.1, -0.05) is 37.3 Å². The van der Waals surface area contributed by atoms with Crippen molar-refractivity contribution in [2.45, 2.75) is 43.1 Å². The maximum Gasteiger partial charge on any atom is 0.416 e. The summed E-state index contributed by atoms with van der Waals surface area (Å²) in [5, 5.41) is 0.490. The van der Waals surface area contributed by atoms with Crippen LogP contribution in [0, 0.1) is 5.92 Å². The smallest absolute Gasteiger partial charge is 0.341 e. The van der Waals surface area contributed by atoms with Crippen LogP contribution in [0.1, 0.15) is 30.9 Å². The Morgan fingerprint density at radius 1 is 1.03 bits per heavy atom. The quantitative estimate of drug-likeness (QED) is 0.525. The van der Waals surface area contributed by atoms with Crippen molar-refractivity contribution in [1.82, 2.24) is 9.47 Å². The summed E-state index contributed by atoms with van der Waals surface area (Å²) in [5.74, 6) is 0.0923. The van der Waals surface area contributed by atoms with Gasteiger partial charge in [0.15, 0.2) is 9.84 Å². The molecule has 5 nitrogen and oxygen atoms in total. The van der Waals surface area contributed by atoms with Gasteiger partial charge in [0.1, 0.15) is 6.54 Å². The van der Waals surface area contributed by atoms with E-state index in [2.05, 4.69) is 6.92 Å². The summed E-state index contributed by atoms with van der Waals surface area (Å²) in [6.45, 7) is 3.58. The Labute approximate surface area is 190 Å². The molecule has 1 amide bonds. The molecule has 0 spiro atoms. The van der Waals surface area contributed by atoms with Gasteiger partial charge in [0.2, 0.25) is 5.91 Å². The Balaban J connectivity index is 1.60. The summed E-state index contributed by atoms with van der Waals surface area (Å²) in [7, 11) is -3.86. The predicted molar refractivity (Wildman–Crippen MR) is 119 cm³/mol. The molecule has 0 atom stereocenters. The standard InChI is InChI=1S/C24H25F3N2O3S/c1-17-10-12-28(13-11-17)23(30)15-29-14-22(20-4-2-3-5-21(20)29)33(31,32)16-18-6-8-19(9-7-18)24(25,26)27/h2-9,14,17H,10-13,15-16H2,1H3. The topological polar surface area (TPSA) is 59.4 Å². The Bertz CT molecular complexity index is 1260. The number of alkyl halides is 3. The van der Waals surface area contributed by atoms with Crippen molar-refractivity contribution in [2.24, 2.45) is 5.92 Å². The number of carbonyl (C=O) groups is 1. The number of rotatable bonds is 5. The molecule has 176 valence electrons. The highest BCUT2D eigenvalue weighted by Gasteiger charge is 2.30. The van der Waals surface area contributed by atoms with E-state index < -0.39 is 27.3 Å². The van der Waals surface area contributed by atoms with Gasteiger partial charge in [0.05, 0.1) is 16.2 Å².